The SMILES string of the molecule is Cl.Cl.O=C(Nc1ccc(OCc2ccccn2)c(F)c1)C1CNCCO1. The van der Waals surface area contributed by atoms with Gasteiger partial charge < -0.3 is 20.1 Å². The van der Waals surface area contributed by atoms with Gasteiger partial charge in [0.25, 0.3) is 5.91 Å². The van der Waals surface area contributed by atoms with E-state index in [1.807, 2.05) is 6.07 Å². The van der Waals surface area contributed by atoms with Gasteiger partial charge in [-0.1, -0.05) is 6.07 Å². The molecule has 0 saturated carbocycles. The van der Waals surface area contributed by atoms with E-state index in [1.54, 1.807) is 24.4 Å². The van der Waals surface area contributed by atoms with E-state index in [0.717, 1.165) is 6.54 Å². The number of nitrogens with zero attached hydrogens (tertiary/aromatic N) is 1. The van der Waals surface area contributed by atoms with Crippen molar-refractivity contribution in [2.24, 2.45) is 0 Å². The molecule has 6 nitrogen and oxygen atoms in total. The highest BCUT2D eigenvalue weighted by molar-refractivity contribution is 5.94. The van der Waals surface area contributed by atoms with Gasteiger partial charge in [0.2, 0.25) is 0 Å². The number of rotatable bonds is 5. The summed E-state index contributed by atoms with van der Waals surface area (Å²) in [5.74, 6) is -0.746. The van der Waals surface area contributed by atoms with E-state index < -0.39 is 11.9 Å². The topological polar surface area (TPSA) is 72.5 Å². The molecule has 9 heteroatoms. The number of hydrogen-bond donors (Lipinski definition) is 2. The molecule has 0 aliphatic carbocycles. The number of anilines is 1. The Morgan fingerprint density at radius 3 is 2.85 bits per heavy atom. The van der Waals surface area contributed by atoms with E-state index in [1.165, 1.54) is 12.1 Å². The van der Waals surface area contributed by atoms with Crippen molar-refractivity contribution in [2.75, 3.05) is 25.0 Å². The molecule has 0 spiro atoms. The Kier molecular flexibility index (Phi) is 9.29. The molecule has 1 aromatic heterocycles. The zero-order valence-corrected chi connectivity index (χ0v) is 15.4. The molecule has 1 aliphatic heterocycles. The normalized spacial score (nSPS) is 16.0. The van der Waals surface area contributed by atoms with Gasteiger partial charge in [0.05, 0.1) is 12.3 Å². The predicted molar refractivity (Wildman–Crippen MR) is 101 cm³/mol. The summed E-state index contributed by atoms with van der Waals surface area (Å²) in [4.78, 5) is 16.1. The van der Waals surface area contributed by atoms with Gasteiger partial charge in [-0.05, 0) is 24.3 Å². The number of carbonyl (C=O) groups is 1. The molecule has 1 fully saturated rings. The van der Waals surface area contributed by atoms with Crippen LogP contribution < -0.4 is 15.4 Å². The Balaban J connectivity index is 0.00000169. The first-order valence-corrected chi connectivity index (χ1v) is 7.68. The number of hydrogen-bond acceptors (Lipinski definition) is 5. The smallest absolute Gasteiger partial charge is 0.254 e. The van der Waals surface area contributed by atoms with Crippen LogP contribution in [0.5, 0.6) is 5.75 Å². The van der Waals surface area contributed by atoms with Gasteiger partial charge in [0, 0.05) is 31.0 Å². The zero-order chi connectivity index (χ0) is 16.8. The molecule has 2 heterocycles. The summed E-state index contributed by atoms with van der Waals surface area (Å²) in [5, 5.41) is 5.71. The predicted octanol–water partition coefficient (Wildman–Crippen LogP) is 2.57. The lowest BCUT2D eigenvalue weighted by molar-refractivity contribution is -0.128. The van der Waals surface area contributed by atoms with Crippen LogP contribution in [0.25, 0.3) is 0 Å². The Morgan fingerprint density at radius 2 is 2.19 bits per heavy atom. The molecule has 3 rings (SSSR count). The number of morpholine rings is 1. The van der Waals surface area contributed by atoms with Crippen molar-refractivity contribution in [3.05, 3.63) is 54.1 Å². The minimum absolute atomic E-state index is 0. The summed E-state index contributed by atoms with van der Waals surface area (Å²) in [6, 6.07) is 9.72. The van der Waals surface area contributed by atoms with E-state index in [9.17, 15) is 9.18 Å². The monoisotopic (exact) mass is 403 g/mol. The van der Waals surface area contributed by atoms with Crippen LogP contribution in [0.1, 0.15) is 5.69 Å². The fraction of sp³-hybridized carbons (Fsp3) is 0.294. The van der Waals surface area contributed by atoms with Crippen LogP contribution in [0, 0.1) is 5.82 Å². The number of pyridine rings is 1. The van der Waals surface area contributed by atoms with Crippen LogP contribution in [0.15, 0.2) is 42.6 Å². The number of benzene rings is 1. The first-order chi connectivity index (χ1) is 11.7. The fourth-order valence-electron chi connectivity index (χ4n) is 2.29. The number of aromatic nitrogens is 1. The summed E-state index contributed by atoms with van der Waals surface area (Å²) < 4.78 is 24.9. The molecule has 1 atom stereocenters. The van der Waals surface area contributed by atoms with Gasteiger partial charge >= 0.3 is 0 Å². The average Bonchev–Trinajstić information content (AvgIpc) is 2.62. The molecule has 2 aromatic rings. The van der Waals surface area contributed by atoms with Crippen LogP contribution in [0.2, 0.25) is 0 Å². The third kappa shape index (κ3) is 6.10. The number of ether oxygens (including phenoxy) is 2. The summed E-state index contributed by atoms with van der Waals surface area (Å²) >= 11 is 0. The standard InChI is InChI=1S/C17H18FN3O3.2ClH/c18-14-9-12(21-17(22)16-10-19-7-8-23-16)4-5-15(14)24-11-13-3-1-2-6-20-13;;/h1-6,9,16,19H,7-8,10-11H2,(H,21,22);2*1H. The molecule has 26 heavy (non-hydrogen) atoms. The maximum Gasteiger partial charge on any atom is 0.254 e. The highest BCUT2D eigenvalue weighted by Crippen LogP contribution is 2.22. The first kappa shape index (κ1) is 22.1. The first-order valence-electron chi connectivity index (χ1n) is 7.68. The summed E-state index contributed by atoms with van der Waals surface area (Å²) in [6.45, 7) is 1.82. The third-order valence-electron chi connectivity index (χ3n) is 3.52. The van der Waals surface area contributed by atoms with Gasteiger partial charge in [-0.15, -0.1) is 24.8 Å². The van der Waals surface area contributed by atoms with Crippen molar-refractivity contribution in [1.82, 2.24) is 10.3 Å². The van der Waals surface area contributed by atoms with Crippen molar-refractivity contribution in [3.63, 3.8) is 0 Å². The largest absolute Gasteiger partial charge is 0.484 e. The highest BCUT2D eigenvalue weighted by Gasteiger charge is 2.22. The fourth-order valence-corrected chi connectivity index (χ4v) is 2.29. The lowest BCUT2D eigenvalue weighted by atomic mass is 10.2. The summed E-state index contributed by atoms with van der Waals surface area (Å²) in [5.41, 5.74) is 1.06. The van der Waals surface area contributed by atoms with Crippen LogP contribution in [-0.2, 0) is 16.1 Å². The lowest BCUT2D eigenvalue weighted by Crippen LogP contribution is -2.45. The molecule has 1 unspecified atom stereocenters. The molecule has 142 valence electrons. The van der Waals surface area contributed by atoms with Crippen molar-refractivity contribution in [2.45, 2.75) is 12.7 Å². The van der Waals surface area contributed by atoms with Gasteiger partial charge in [0.15, 0.2) is 11.6 Å². The van der Waals surface area contributed by atoms with E-state index in [2.05, 4.69) is 15.6 Å². The second-order valence-electron chi connectivity index (χ2n) is 5.31. The molecule has 2 N–H and O–H groups in total. The maximum absolute atomic E-state index is 14.1. The Hall–Kier alpha value is -1.93. The number of carbonyl (C=O) groups excluding carboxylic acids is 1. The molecule has 1 aromatic carbocycles. The molecule has 1 aliphatic rings. The average molecular weight is 404 g/mol. The Labute approximate surface area is 163 Å². The van der Waals surface area contributed by atoms with Gasteiger partial charge in [0.1, 0.15) is 12.7 Å². The molecular formula is C17H20Cl2FN3O3. The summed E-state index contributed by atoms with van der Waals surface area (Å²) in [7, 11) is 0. The van der Waals surface area contributed by atoms with Crippen molar-refractivity contribution >= 4 is 36.4 Å². The van der Waals surface area contributed by atoms with Gasteiger partial charge in [-0.2, -0.15) is 0 Å². The van der Waals surface area contributed by atoms with Crippen LogP contribution in [0.3, 0.4) is 0 Å². The molecule has 1 amide bonds. The quantitative estimate of drug-likeness (QED) is 0.802. The van der Waals surface area contributed by atoms with Crippen molar-refractivity contribution in [3.8, 4) is 5.75 Å². The second kappa shape index (κ2) is 10.9. The number of halogens is 3. The van der Waals surface area contributed by atoms with Crippen LogP contribution in [-0.4, -0.2) is 36.7 Å². The maximum atomic E-state index is 14.1. The van der Waals surface area contributed by atoms with Crippen LogP contribution >= 0.6 is 24.8 Å². The van der Waals surface area contributed by atoms with Crippen LogP contribution in [0.4, 0.5) is 10.1 Å². The van der Waals surface area contributed by atoms with Crippen molar-refractivity contribution in [1.29, 1.82) is 0 Å². The van der Waals surface area contributed by atoms with E-state index in [0.29, 0.717) is 24.5 Å². The second-order valence-corrected chi connectivity index (χ2v) is 5.31. The molecule has 1 saturated heterocycles. The third-order valence-corrected chi connectivity index (χ3v) is 3.52. The van der Waals surface area contributed by atoms with Gasteiger partial charge in [-0.3, -0.25) is 9.78 Å². The number of amides is 1. The van der Waals surface area contributed by atoms with Gasteiger partial charge in [-0.25, -0.2) is 4.39 Å². The van der Waals surface area contributed by atoms with Crippen molar-refractivity contribution < 1.29 is 18.7 Å². The minimum Gasteiger partial charge on any atom is -0.484 e. The zero-order valence-electron chi connectivity index (χ0n) is 13.8. The lowest BCUT2D eigenvalue weighted by Gasteiger charge is -2.22. The molecule has 0 bridgehead atoms. The van der Waals surface area contributed by atoms with E-state index in [-0.39, 0.29) is 43.1 Å². The Morgan fingerprint density at radius 1 is 1.35 bits per heavy atom. The highest BCUT2D eigenvalue weighted by atomic mass is 35.5. The molecule has 0 radical (unpaired) electrons. The van der Waals surface area contributed by atoms with E-state index >= 15 is 0 Å². The summed E-state index contributed by atoms with van der Waals surface area (Å²) in [6.07, 6.45) is 1.08. The number of nitrogens with one attached hydrogen (secondary N) is 2. The minimum atomic E-state index is -0.568. The molecular weight excluding hydrogens is 384 g/mol. The van der Waals surface area contributed by atoms with E-state index in [4.69, 9.17) is 9.47 Å². The Bertz CT molecular complexity index is 701.